The molecule has 0 bridgehead atoms. The van der Waals surface area contributed by atoms with Gasteiger partial charge in [-0.25, -0.2) is 9.97 Å². The van der Waals surface area contributed by atoms with Gasteiger partial charge >= 0.3 is 0 Å². The molecule has 4 heteroatoms. The van der Waals surface area contributed by atoms with Crippen molar-refractivity contribution in [2.24, 2.45) is 0 Å². The van der Waals surface area contributed by atoms with Crippen LogP contribution in [0.15, 0.2) is 30.9 Å². The average Bonchev–Trinajstić information content (AvgIpc) is 2.90. The van der Waals surface area contributed by atoms with Crippen LogP contribution in [0, 0.1) is 0 Å². The molecular formula is C14H18N4. The summed E-state index contributed by atoms with van der Waals surface area (Å²) in [5.41, 5.74) is 7.98. The fraction of sp³-hybridized carbons (Fsp3) is 0.429. The Bertz CT molecular complexity index is 509. The summed E-state index contributed by atoms with van der Waals surface area (Å²) in [6.07, 6.45) is 12.2. The summed E-state index contributed by atoms with van der Waals surface area (Å²) < 4.78 is 2.14. The van der Waals surface area contributed by atoms with Crippen molar-refractivity contribution in [3.8, 4) is 5.69 Å². The largest absolute Gasteiger partial charge is 0.384 e. The molecule has 0 saturated heterocycles. The number of pyridine rings is 1. The van der Waals surface area contributed by atoms with Crippen molar-refractivity contribution in [3.63, 3.8) is 0 Å². The molecule has 0 unspecified atom stereocenters. The van der Waals surface area contributed by atoms with Crippen LogP contribution in [0.2, 0.25) is 0 Å². The van der Waals surface area contributed by atoms with Crippen LogP contribution < -0.4 is 5.73 Å². The van der Waals surface area contributed by atoms with Gasteiger partial charge in [0.1, 0.15) is 5.82 Å². The normalized spacial score (nSPS) is 16.9. The maximum atomic E-state index is 5.62. The van der Waals surface area contributed by atoms with Crippen LogP contribution in [0.4, 0.5) is 5.82 Å². The van der Waals surface area contributed by atoms with Crippen LogP contribution in [0.1, 0.15) is 43.7 Å². The Morgan fingerprint density at radius 2 is 1.94 bits per heavy atom. The Labute approximate surface area is 107 Å². The van der Waals surface area contributed by atoms with Gasteiger partial charge in [0.05, 0.1) is 18.2 Å². The molecule has 2 heterocycles. The molecule has 94 valence electrons. The molecule has 1 fully saturated rings. The first kappa shape index (κ1) is 11.3. The standard InChI is InChI=1S/C14H18N4/c15-14-7-6-12(8-17-14)18-10-16-9-13(18)11-4-2-1-3-5-11/h6-11H,1-5H2,(H2,15,17). The maximum Gasteiger partial charge on any atom is 0.123 e. The van der Waals surface area contributed by atoms with Gasteiger partial charge in [0, 0.05) is 17.8 Å². The number of hydrogen-bond acceptors (Lipinski definition) is 3. The highest BCUT2D eigenvalue weighted by Gasteiger charge is 2.19. The molecule has 18 heavy (non-hydrogen) atoms. The third-order valence-electron chi connectivity index (χ3n) is 3.74. The first-order valence-corrected chi connectivity index (χ1v) is 6.59. The van der Waals surface area contributed by atoms with E-state index in [0.29, 0.717) is 11.7 Å². The summed E-state index contributed by atoms with van der Waals surface area (Å²) in [5.74, 6) is 1.19. The average molecular weight is 242 g/mol. The molecule has 2 aromatic heterocycles. The minimum absolute atomic E-state index is 0.554. The minimum atomic E-state index is 0.554. The van der Waals surface area contributed by atoms with Crippen molar-refractivity contribution in [2.45, 2.75) is 38.0 Å². The number of hydrogen-bond donors (Lipinski definition) is 1. The summed E-state index contributed by atoms with van der Waals surface area (Å²) in [4.78, 5) is 8.45. The van der Waals surface area contributed by atoms with E-state index in [9.17, 15) is 0 Å². The SMILES string of the molecule is Nc1ccc(-n2cncc2C2CCCCC2)cn1. The van der Waals surface area contributed by atoms with Crippen molar-refractivity contribution in [1.29, 1.82) is 0 Å². The molecule has 2 N–H and O–H groups in total. The lowest BCUT2D eigenvalue weighted by atomic mass is 9.87. The van der Waals surface area contributed by atoms with Gasteiger partial charge in [0.15, 0.2) is 0 Å². The minimum Gasteiger partial charge on any atom is -0.384 e. The van der Waals surface area contributed by atoms with Gasteiger partial charge in [-0.1, -0.05) is 19.3 Å². The Morgan fingerprint density at radius 1 is 1.11 bits per heavy atom. The van der Waals surface area contributed by atoms with E-state index < -0.39 is 0 Å². The molecule has 0 aromatic carbocycles. The van der Waals surface area contributed by atoms with Gasteiger partial charge in [-0.3, -0.25) is 0 Å². The summed E-state index contributed by atoms with van der Waals surface area (Å²) in [7, 11) is 0. The Hall–Kier alpha value is -1.84. The van der Waals surface area contributed by atoms with Gasteiger partial charge in [0.25, 0.3) is 0 Å². The fourth-order valence-electron chi connectivity index (χ4n) is 2.76. The van der Waals surface area contributed by atoms with Crippen LogP contribution in [-0.2, 0) is 0 Å². The lowest BCUT2D eigenvalue weighted by Gasteiger charge is -2.22. The van der Waals surface area contributed by atoms with Gasteiger partial charge in [-0.2, -0.15) is 0 Å². The molecule has 1 aliphatic carbocycles. The van der Waals surface area contributed by atoms with E-state index >= 15 is 0 Å². The van der Waals surface area contributed by atoms with Gasteiger partial charge in [0.2, 0.25) is 0 Å². The number of imidazole rings is 1. The molecule has 1 saturated carbocycles. The number of nitrogens with zero attached hydrogens (tertiary/aromatic N) is 3. The number of anilines is 1. The highest BCUT2D eigenvalue weighted by Crippen LogP contribution is 2.33. The van der Waals surface area contributed by atoms with E-state index in [2.05, 4.69) is 14.5 Å². The predicted molar refractivity (Wildman–Crippen MR) is 71.6 cm³/mol. The van der Waals surface area contributed by atoms with Gasteiger partial charge < -0.3 is 10.3 Å². The first-order chi connectivity index (χ1) is 8.84. The van der Waals surface area contributed by atoms with Crippen LogP contribution in [0.25, 0.3) is 5.69 Å². The molecule has 0 radical (unpaired) electrons. The van der Waals surface area contributed by atoms with Gasteiger partial charge in [-0.15, -0.1) is 0 Å². The Balaban J connectivity index is 1.93. The number of nitrogen functional groups attached to an aromatic ring is 1. The van der Waals surface area contributed by atoms with E-state index in [0.717, 1.165) is 5.69 Å². The van der Waals surface area contributed by atoms with E-state index in [-0.39, 0.29) is 0 Å². The molecule has 0 atom stereocenters. The quantitative estimate of drug-likeness (QED) is 0.881. The van der Waals surface area contributed by atoms with Crippen LogP contribution in [-0.4, -0.2) is 14.5 Å². The van der Waals surface area contributed by atoms with Crippen LogP contribution >= 0.6 is 0 Å². The maximum absolute atomic E-state index is 5.62. The van der Waals surface area contributed by atoms with E-state index in [4.69, 9.17) is 5.73 Å². The van der Waals surface area contributed by atoms with E-state index in [1.165, 1.54) is 37.8 Å². The van der Waals surface area contributed by atoms with Gasteiger partial charge in [-0.05, 0) is 25.0 Å². The molecule has 1 aliphatic rings. The molecule has 0 spiro atoms. The zero-order valence-corrected chi connectivity index (χ0v) is 10.4. The summed E-state index contributed by atoms with van der Waals surface area (Å²) in [6, 6.07) is 3.83. The summed E-state index contributed by atoms with van der Waals surface area (Å²) in [6.45, 7) is 0. The summed E-state index contributed by atoms with van der Waals surface area (Å²) in [5, 5.41) is 0. The lowest BCUT2D eigenvalue weighted by Crippen LogP contribution is -2.09. The highest BCUT2D eigenvalue weighted by atomic mass is 15.1. The van der Waals surface area contributed by atoms with Crippen molar-refractivity contribution >= 4 is 5.82 Å². The van der Waals surface area contributed by atoms with E-state index in [1.807, 2.05) is 30.9 Å². The number of rotatable bonds is 2. The molecule has 0 amide bonds. The zero-order chi connectivity index (χ0) is 12.4. The zero-order valence-electron chi connectivity index (χ0n) is 10.4. The highest BCUT2D eigenvalue weighted by molar-refractivity contribution is 5.38. The fourth-order valence-corrected chi connectivity index (χ4v) is 2.76. The molecule has 0 aliphatic heterocycles. The van der Waals surface area contributed by atoms with E-state index in [1.54, 1.807) is 0 Å². The monoisotopic (exact) mass is 242 g/mol. The Morgan fingerprint density at radius 3 is 2.67 bits per heavy atom. The number of nitrogens with two attached hydrogens (primary N) is 1. The second kappa shape index (κ2) is 4.80. The van der Waals surface area contributed by atoms with Crippen molar-refractivity contribution < 1.29 is 0 Å². The predicted octanol–water partition coefficient (Wildman–Crippen LogP) is 2.90. The molecular weight excluding hydrogens is 224 g/mol. The first-order valence-electron chi connectivity index (χ1n) is 6.59. The third kappa shape index (κ3) is 2.10. The second-order valence-electron chi connectivity index (χ2n) is 4.96. The van der Waals surface area contributed by atoms with Crippen molar-refractivity contribution in [3.05, 3.63) is 36.5 Å². The second-order valence-corrected chi connectivity index (χ2v) is 4.96. The molecule has 2 aromatic rings. The third-order valence-corrected chi connectivity index (χ3v) is 3.74. The van der Waals surface area contributed by atoms with Crippen LogP contribution in [0.5, 0.6) is 0 Å². The number of aromatic nitrogens is 3. The van der Waals surface area contributed by atoms with Crippen molar-refractivity contribution in [2.75, 3.05) is 5.73 Å². The van der Waals surface area contributed by atoms with Crippen molar-refractivity contribution in [1.82, 2.24) is 14.5 Å². The van der Waals surface area contributed by atoms with Crippen LogP contribution in [0.3, 0.4) is 0 Å². The smallest absolute Gasteiger partial charge is 0.123 e. The molecule has 4 nitrogen and oxygen atoms in total. The topological polar surface area (TPSA) is 56.7 Å². The Kier molecular flexibility index (Phi) is 3.00. The molecule has 3 rings (SSSR count). The lowest BCUT2D eigenvalue weighted by molar-refractivity contribution is 0.433. The summed E-state index contributed by atoms with van der Waals surface area (Å²) >= 11 is 0.